The lowest BCUT2D eigenvalue weighted by atomic mass is 10.0. The summed E-state index contributed by atoms with van der Waals surface area (Å²) in [6, 6.07) is 24.7. The molecule has 1 aromatic heterocycles. The molecule has 1 heterocycles. The van der Waals surface area contributed by atoms with Crippen LogP contribution in [0.25, 0.3) is 10.8 Å². The van der Waals surface area contributed by atoms with Crippen LogP contribution in [0, 0.1) is 0 Å². The van der Waals surface area contributed by atoms with E-state index in [2.05, 4.69) is 10.3 Å². The number of primary amides is 1. The van der Waals surface area contributed by atoms with Crippen LogP contribution in [0.15, 0.2) is 85.1 Å². The molecular formula is C25H23N3O3. The number of rotatable bonds is 8. The first kappa shape index (κ1) is 20.5. The summed E-state index contributed by atoms with van der Waals surface area (Å²) in [4.78, 5) is 15.4. The van der Waals surface area contributed by atoms with Gasteiger partial charge in [0.2, 0.25) is 11.8 Å². The first-order valence-corrected chi connectivity index (χ1v) is 10.00. The van der Waals surface area contributed by atoms with Gasteiger partial charge < -0.3 is 20.9 Å². The van der Waals surface area contributed by atoms with Crippen LogP contribution in [0.3, 0.4) is 0 Å². The molecule has 0 saturated carbocycles. The van der Waals surface area contributed by atoms with Crippen molar-refractivity contribution in [3.05, 3.63) is 102 Å². The molecule has 4 N–H and O–H groups in total. The zero-order valence-corrected chi connectivity index (χ0v) is 16.9. The van der Waals surface area contributed by atoms with E-state index in [9.17, 15) is 9.90 Å². The summed E-state index contributed by atoms with van der Waals surface area (Å²) in [6.07, 6.45) is 0.834. The SMILES string of the molecule is NC(=O)c1ccc(Oc2ccc(CNC[C@@H](O)c3ccccc3)c3ccccc23)nc1. The van der Waals surface area contributed by atoms with E-state index in [1.54, 1.807) is 12.1 Å². The predicted molar refractivity (Wildman–Crippen MR) is 120 cm³/mol. The maximum Gasteiger partial charge on any atom is 0.250 e. The molecule has 4 rings (SSSR count). The van der Waals surface area contributed by atoms with Crippen LogP contribution in [-0.4, -0.2) is 22.5 Å². The molecule has 0 unspecified atom stereocenters. The van der Waals surface area contributed by atoms with E-state index >= 15 is 0 Å². The molecule has 1 amide bonds. The minimum Gasteiger partial charge on any atom is -0.438 e. The fourth-order valence-electron chi connectivity index (χ4n) is 3.41. The van der Waals surface area contributed by atoms with Crippen molar-refractivity contribution in [3.63, 3.8) is 0 Å². The second-order valence-corrected chi connectivity index (χ2v) is 7.18. The number of nitrogens with zero attached hydrogens (tertiary/aromatic N) is 1. The van der Waals surface area contributed by atoms with E-state index in [1.807, 2.05) is 66.7 Å². The first-order valence-electron chi connectivity index (χ1n) is 10.00. The number of fused-ring (bicyclic) bond motifs is 1. The van der Waals surface area contributed by atoms with Gasteiger partial charge in [-0.25, -0.2) is 4.98 Å². The number of hydrogen-bond acceptors (Lipinski definition) is 5. The van der Waals surface area contributed by atoms with Gasteiger partial charge in [-0.3, -0.25) is 4.79 Å². The van der Waals surface area contributed by atoms with Crippen molar-refractivity contribution in [2.24, 2.45) is 5.73 Å². The van der Waals surface area contributed by atoms with E-state index in [1.165, 1.54) is 6.20 Å². The smallest absolute Gasteiger partial charge is 0.250 e. The average Bonchev–Trinajstić information content (AvgIpc) is 2.81. The van der Waals surface area contributed by atoms with E-state index in [4.69, 9.17) is 10.5 Å². The van der Waals surface area contributed by atoms with Gasteiger partial charge in [-0.15, -0.1) is 0 Å². The number of ether oxygens (including phenoxy) is 1. The maximum absolute atomic E-state index is 11.2. The zero-order chi connectivity index (χ0) is 21.6. The summed E-state index contributed by atoms with van der Waals surface area (Å²) < 4.78 is 5.96. The highest BCUT2D eigenvalue weighted by molar-refractivity contribution is 5.92. The van der Waals surface area contributed by atoms with Crippen molar-refractivity contribution in [1.29, 1.82) is 0 Å². The number of pyridine rings is 1. The van der Waals surface area contributed by atoms with Gasteiger partial charge in [-0.1, -0.05) is 60.7 Å². The topological polar surface area (TPSA) is 97.5 Å². The summed E-state index contributed by atoms with van der Waals surface area (Å²) in [6.45, 7) is 1.06. The molecule has 0 radical (unpaired) electrons. The Balaban J connectivity index is 1.49. The molecule has 1 atom stereocenters. The molecule has 156 valence electrons. The first-order chi connectivity index (χ1) is 15.1. The van der Waals surface area contributed by atoms with E-state index < -0.39 is 12.0 Å². The minimum absolute atomic E-state index is 0.330. The van der Waals surface area contributed by atoms with Crippen molar-refractivity contribution >= 4 is 16.7 Å². The normalized spacial score (nSPS) is 11.9. The second-order valence-electron chi connectivity index (χ2n) is 7.18. The number of carbonyl (C=O) groups is 1. The third-order valence-corrected chi connectivity index (χ3v) is 5.05. The summed E-state index contributed by atoms with van der Waals surface area (Å²) in [5.41, 5.74) is 7.57. The Bertz CT molecular complexity index is 1180. The average molecular weight is 413 g/mol. The Kier molecular flexibility index (Phi) is 6.21. The monoisotopic (exact) mass is 413 g/mol. The summed E-state index contributed by atoms with van der Waals surface area (Å²) >= 11 is 0. The number of amides is 1. The molecule has 0 saturated heterocycles. The van der Waals surface area contributed by atoms with Gasteiger partial charge in [0.15, 0.2) is 0 Å². The van der Waals surface area contributed by atoms with Crippen molar-refractivity contribution in [2.45, 2.75) is 12.6 Å². The number of nitrogens with two attached hydrogens (primary N) is 1. The van der Waals surface area contributed by atoms with Crippen LogP contribution in [0.2, 0.25) is 0 Å². The van der Waals surface area contributed by atoms with Crippen LogP contribution < -0.4 is 15.8 Å². The molecule has 3 aromatic carbocycles. The Hall–Kier alpha value is -3.74. The van der Waals surface area contributed by atoms with Crippen LogP contribution in [0.1, 0.15) is 27.6 Å². The number of hydrogen-bond donors (Lipinski definition) is 3. The predicted octanol–water partition coefficient (Wildman–Crippen LogP) is 3.95. The Morgan fingerprint density at radius 2 is 1.71 bits per heavy atom. The molecule has 6 heteroatoms. The standard InChI is InChI=1S/C25H23N3O3/c26-25(30)19-11-13-24(28-15-19)31-23-12-10-18(20-8-4-5-9-21(20)23)14-27-16-22(29)17-6-2-1-3-7-17/h1-13,15,22,27,29H,14,16H2,(H2,26,30)/t22-/m1/s1. The minimum atomic E-state index is -0.565. The summed E-state index contributed by atoms with van der Waals surface area (Å²) in [7, 11) is 0. The Labute approximate surface area is 180 Å². The van der Waals surface area contributed by atoms with Gasteiger partial charge in [0.25, 0.3) is 0 Å². The molecule has 4 aromatic rings. The highest BCUT2D eigenvalue weighted by Crippen LogP contribution is 2.31. The number of carbonyl (C=O) groups excluding carboxylic acids is 1. The van der Waals surface area contributed by atoms with Gasteiger partial charge in [0.05, 0.1) is 11.7 Å². The molecule has 31 heavy (non-hydrogen) atoms. The van der Waals surface area contributed by atoms with Gasteiger partial charge >= 0.3 is 0 Å². The number of aliphatic hydroxyl groups is 1. The number of benzene rings is 3. The molecular weight excluding hydrogens is 390 g/mol. The van der Waals surface area contributed by atoms with E-state index in [0.717, 1.165) is 21.9 Å². The zero-order valence-electron chi connectivity index (χ0n) is 16.9. The number of aliphatic hydroxyl groups excluding tert-OH is 1. The summed E-state index contributed by atoms with van der Waals surface area (Å²) in [5.74, 6) is 0.522. The molecule has 0 spiro atoms. The fraction of sp³-hybridized carbons (Fsp3) is 0.120. The van der Waals surface area contributed by atoms with Gasteiger partial charge in [0, 0.05) is 30.7 Å². The van der Waals surface area contributed by atoms with Crippen molar-refractivity contribution in [1.82, 2.24) is 10.3 Å². The molecule has 0 aliphatic rings. The fourth-order valence-corrected chi connectivity index (χ4v) is 3.41. The van der Waals surface area contributed by atoms with E-state index in [0.29, 0.717) is 30.3 Å². The second kappa shape index (κ2) is 9.38. The third kappa shape index (κ3) is 4.88. The lowest BCUT2D eigenvalue weighted by molar-refractivity contribution is 0.1000. The Morgan fingerprint density at radius 1 is 0.968 bits per heavy atom. The van der Waals surface area contributed by atoms with Crippen LogP contribution in [-0.2, 0) is 6.54 Å². The van der Waals surface area contributed by atoms with E-state index in [-0.39, 0.29) is 0 Å². The molecule has 0 fully saturated rings. The van der Waals surface area contributed by atoms with Gasteiger partial charge in [-0.2, -0.15) is 0 Å². The molecule has 6 nitrogen and oxygen atoms in total. The number of aromatic nitrogens is 1. The summed E-state index contributed by atoms with van der Waals surface area (Å²) in [5, 5.41) is 15.7. The lowest BCUT2D eigenvalue weighted by Gasteiger charge is -2.15. The van der Waals surface area contributed by atoms with Crippen molar-refractivity contribution in [2.75, 3.05) is 6.54 Å². The number of nitrogens with one attached hydrogen (secondary N) is 1. The molecule has 0 aliphatic carbocycles. The molecule has 0 aliphatic heterocycles. The maximum atomic E-state index is 11.2. The highest BCUT2D eigenvalue weighted by atomic mass is 16.5. The largest absolute Gasteiger partial charge is 0.438 e. The molecule has 0 bridgehead atoms. The highest BCUT2D eigenvalue weighted by Gasteiger charge is 2.11. The van der Waals surface area contributed by atoms with Crippen molar-refractivity contribution < 1.29 is 14.6 Å². The van der Waals surface area contributed by atoms with Crippen molar-refractivity contribution in [3.8, 4) is 11.6 Å². The van der Waals surface area contributed by atoms with Crippen LogP contribution in [0.5, 0.6) is 11.6 Å². The third-order valence-electron chi connectivity index (χ3n) is 5.05. The van der Waals surface area contributed by atoms with Gasteiger partial charge in [-0.05, 0) is 28.6 Å². The van der Waals surface area contributed by atoms with Crippen LogP contribution >= 0.6 is 0 Å². The lowest BCUT2D eigenvalue weighted by Crippen LogP contribution is -2.21. The quantitative estimate of drug-likeness (QED) is 0.406. The van der Waals surface area contributed by atoms with Crippen LogP contribution in [0.4, 0.5) is 0 Å². The van der Waals surface area contributed by atoms with Gasteiger partial charge in [0.1, 0.15) is 5.75 Å². The Morgan fingerprint density at radius 3 is 2.42 bits per heavy atom.